The molecule has 0 unspecified atom stereocenters. The summed E-state index contributed by atoms with van der Waals surface area (Å²) in [5.41, 5.74) is -0.241. The van der Waals surface area contributed by atoms with Gasteiger partial charge in [-0.15, -0.1) is 0 Å². The molecule has 7 heteroatoms. The first kappa shape index (κ1) is 15.7. The number of alkyl halides is 1. The van der Waals surface area contributed by atoms with Crippen LogP contribution in [0.15, 0.2) is 21.5 Å². The van der Waals surface area contributed by atoms with Gasteiger partial charge >= 0.3 is 0 Å². The third kappa shape index (κ3) is 3.31. The second-order valence-electron chi connectivity index (χ2n) is 5.43. The zero-order valence-electron chi connectivity index (χ0n) is 11.0. The Balaban J connectivity index is 2.36. The lowest BCUT2D eigenvalue weighted by molar-refractivity contribution is -0.385. The molecule has 1 aromatic heterocycles. The van der Waals surface area contributed by atoms with Crippen LogP contribution in [-0.4, -0.2) is 14.8 Å². The number of nitrogens with zero attached hydrogens (tertiary/aromatic N) is 2. The van der Waals surface area contributed by atoms with Gasteiger partial charge in [-0.25, -0.2) is 0 Å². The van der Waals surface area contributed by atoms with Crippen molar-refractivity contribution in [1.29, 1.82) is 0 Å². The quantitative estimate of drug-likeness (QED) is 0.432. The minimum Gasteiger partial charge on any atom is -0.307 e. The fraction of sp³-hybridized carbons (Fsp3) is 0.615. The third-order valence-electron chi connectivity index (χ3n) is 3.94. The highest BCUT2D eigenvalue weighted by molar-refractivity contribution is 9.10. The molecule has 1 aromatic rings. The van der Waals surface area contributed by atoms with E-state index in [4.69, 9.17) is 0 Å². The van der Waals surface area contributed by atoms with Crippen molar-refractivity contribution in [3.63, 3.8) is 0 Å². The average Bonchev–Trinajstić information content (AvgIpc) is 2.44. The predicted molar refractivity (Wildman–Crippen MR) is 84.4 cm³/mol. The van der Waals surface area contributed by atoms with Crippen LogP contribution in [0.1, 0.15) is 32.1 Å². The Morgan fingerprint density at radius 2 is 2.00 bits per heavy atom. The van der Waals surface area contributed by atoms with Crippen molar-refractivity contribution in [2.45, 2.75) is 38.6 Å². The Hall–Kier alpha value is -0.690. The van der Waals surface area contributed by atoms with Gasteiger partial charge in [-0.1, -0.05) is 35.2 Å². The van der Waals surface area contributed by atoms with Gasteiger partial charge < -0.3 is 4.57 Å². The first-order valence-corrected chi connectivity index (χ1v) is 8.49. The number of hydrogen-bond donors (Lipinski definition) is 0. The number of hydrogen-bond acceptors (Lipinski definition) is 3. The van der Waals surface area contributed by atoms with Gasteiger partial charge in [-0.3, -0.25) is 14.9 Å². The van der Waals surface area contributed by atoms with Crippen molar-refractivity contribution in [1.82, 2.24) is 4.57 Å². The van der Waals surface area contributed by atoms with Crippen LogP contribution in [0.5, 0.6) is 0 Å². The van der Waals surface area contributed by atoms with Crippen molar-refractivity contribution in [3.05, 3.63) is 37.2 Å². The van der Waals surface area contributed by atoms with Crippen LogP contribution >= 0.6 is 31.9 Å². The summed E-state index contributed by atoms with van der Waals surface area (Å²) in [4.78, 5) is 22.6. The van der Waals surface area contributed by atoms with E-state index in [1.54, 1.807) is 0 Å². The number of nitro groups is 1. The summed E-state index contributed by atoms with van der Waals surface area (Å²) in [7, 11) is 0. The van der Waals surface area contributed by atoms with Gasteiger partial charge in [-0.2, -0.15) is 0 Å². The lowest BCUT2D eigenvalue weighted by atomic mass is 9.75. The molecule has 0 saturated heterocycles. The number of pyridine rings is 1. The Morgan fingerprint density at radius 1 is 1.35 bits per heavy atom. The fourth-order valence-electron chi connectivity index (χ4n) is 2.80. The molecule has 0 spiro atoms. The van der Waals surface area contributed by atoms with Gasteiger partial charge in [0.15, 0.2) is 0 Å². The standard InChI is InChI=1S/C13H16Br2N2O3/c14-8-13(4-2-1-3-5-13)9-16-7-10(17(19)20)6-11(15)12(16)18/h6-7H,1-5,8-9H2. The van der Waals surface area contributed by atoms with Gasteiger partial charge in [0.1, 0.15) is 0 Å². The molecule has 110 valence electrons. The Bertz CT molecular complexity index is 565. The summed E-state index contributed by atoms with van der Waals surface area (Å²) in [6.07, 6.45) is 6.97. The van der Waals surface area contributed by atoms with Crippen molar-refractivity contribution in [2.24, 2.45) is 5.41 Å². The first-order valence-electron chi connectivity index (χ1n) is 6.58. The molecule has 0 bridgehead atoms. The molecular weight excluding hydrogens is 392 g/mol. The van der Waals surface area contributed by atoms with Crippen LogP contribution in [0.3, 0.4) is 0 Å². The van der Waals surface area contributed by atoms with E-state index in [2.05, 4.69) is 31.9 Å². The van der Waals surface area contributed by atoms with Gasteiger partial charge in [0.05, 0.1) is 15.6 Å². The molecule has 5 nitrogen and oxygen atoms in total. The number of aromatic nitrogens is 1. The van der Waals surface area contributed by atoms with E-state index >= 15 is 0 Å². The average molecular weight is 408 g/mol. The second-order valence-corrected chi connectivity index (χ2v) is 6.85. The maximum atomic E-state index is 12.2. The second kappa shape index (κ2) is 6.39. The normalized spacial score (nSPS) is 17.9. The summed E-state index contributed by atoms with van der Waals surface area (Å²) in [6.45, 7) is 0.525. The summed E-state index contributed by atoms with van der Waals surface area (Å²) < 4.78 is 1.72. The smallest absolute Gasteiger partial charge is 0.286 e. The molecule has 0 amide bonds. The summed E-state index contributed by atoms with van der Waals surface area (Å²) >= 11 is 6.68. The number of halogens is 2. The van der Waals surface area contributed by atoms with Crippen molar-refractivity contribution < 1.29 is 4.92 Å². The molecule has 0 radical (unpaired) electrons. The summed E-state index contributed by atoms with van der Waals surface area (Å²) in [6, 6.07) is 1.26. The molecule has 20 heavy (non-hydrogen) atoms. The van der Waals surface area contributed by atoms with Crippen LogP contribution in [-0.2, 0) is 6.54 Å². The Labute approximate surface area is 133 Å². The minimum atomic E-state index is -0.470. The molecule has 1 saturated carbocycles. The van der Waals surface area contributed by atoms with Crippen LogP contribution in [0.2, 0.25) is 0 Å². The summed E-state index contributed by atoms with van der Waals surface area (Å²) in [5.74, 6) is 0. The van der Waals surface area contributed by atoms with E-state index < -0.39 is 4.92 Å². The van der Waals surface area contributed by atoms with Crippen LogP contribution in [0.4, 0.5) is 5.69 Å². The highest BCUT2D eigenvalue weighted by Crippen LogP contribution is 2.39. The van der Waals surface area contributed by atoms with E-state index in [1.165, 1.54) is 23.3 Å². The molecule has 0 aliphatic heterocycles. The predicted octanol–water partition coefficient (Wildman–Crippen LogP) is 3.86. The zero-order valence-corrected chi connectivity index (χ0v) is 14.2. The van der Waals surface area contributed by atoms with E-state index in [-0.39, 0.29) is 21.1 Å². The van der Waals surface area contributed by atoms with Crippen molar-refractivity contribution >= 4 is 37.5 Å². The molecular formula is C13H16Br2N2O3. The SMILES string of the molecule is O=c1c(Br)cc([N+](=O)[O-])cn1CC1(CBr)CCCCC1. The topological polar surface area (TPSA) is 65.1 Å². The van der Waals surface area contributed by atoms with Crippen LogP contribution in [0.25, 0.3) is 0 Å². The van der Waals surface area contributed by atoms with E-state index in [1.807, 2.05) is 0 Å². The molecule has 1 aliphatic carbocycles. The van der Waals surface area contributed by atoms with E-state index in [0.717, 1.165) is 31.0 Å². The maximum Gasteiger partial charge on any atom is 0.286 e. The van der Waals surface area contributed by atoms with Crippen LogP contribution < -0.4 is 5.56 Å². The van der Waals surface area contributed by atoms with E-state index in [9.17, 15) is 14.9 Å². The highest BCUT2D eigenvalue weighted by Gasteiger charge is 2.32. The van der Waals surface area contributed by atoms with Crippen molar-refractivity contribution in [3.8, 4) is 0 Å². The summed E-state index contributed by atoms with van der Waals surface area (Å²) in [5, 5.41) is 11.7. The van der Waals surface area contributed by atoms with E-state index in [0.29, 0.717) is 6.54 Å². The molecule has 2 rings (SSSR count). The zero-order chi connectivity index (χ0) is 14.8. The number of rotatable bonds is 4. The molecule has 1 aliphatic rings. The minimum absolute atomic E-state index is 0.0245. The Morgan fingerprint density at radius 3 is 2.55 bits per heavy atom. The van der Waals surface area contributed by atoms with Gasteiger partial charge in [-0.05, 0) is 34.2 Å². The molecule has 0 atom stereocenters. The highest BCUT2D eigenvalue weighted by atomic mass is 79.9. The monoisotopic (exact) mass is 406 g/mol. The third-order valence-corrected chi connectivity index (χ3v) is 5.70. The lowest BCUT2D eigenvalue weighted by Gasteiger charge is -2.36. The lowest BCUT2D eigenvalue weighted by Crippen LogP contribution is -2.35. The molecule has 1 fully saturated rings. The van der Waals surface area contributed by atoms with Crippen molar-refractivity contribution in [2.75, 3.05) is 5.33 Å². The van der Waals surface area contributed by atoms with Crippen LogP contribution in [0, 0.1) is 15.5 Å². The molecule has 1 heterocycles. The van der Waals surface area contributed by atoms with Gasteiger partial charge in [0.25, 0.3) is 11.2 Å². The Kier molecular flexibility index (Phi) is 5.01. The molecule has 0 aromatic carbocycles. The largest absolute Gasteiger partial charge is 0.307 e. The fourth-order valence-corrected chi connectivity index (χ4v) is 4.00. The van der Waals surface area contributed by atoms with Gasteiger partial charge in [0, 0.05) is 17.9 Å². The maximum absolute atomic E-state index is 12.2. The van der Waals surface area contributed by atoms with Gasteiger partial charge in [0.2, 0.25) is 0 Å². The first-order chi connectivity index (χ1) is 9.47. The molecule has 0 N–H and O–H groups in total.